The number of hydrogen-bond acceptors (Lipinski definition) is 9. The van der Waals surface area contributed by atoms with Crippen molar-refractivity contribution in [3.8, 4) is 11.6 Å². The Morgan fingerprint density at radius 2 is 2.08 bits per heavy atom. The van der Waals surface area contributed by atoms with Crippen molar-refractivity contribution in [1.82, 2.24) is 14.9 Å². The number of nitrogens with two attached hydrogens (primary N) is 1. The van der Waals surface area contributed by atoms with E-state index in [4.69, 9.17) is 19.9 Å². The molecule has 3 aromatic rings. The van der Waals surface area contributed by atoms with Crippen LogP contribution in [0.15, 0.2) is 36.5 Å². The number of hydrogen-bond donors (Lipinski definition) is 2. The van der Waals surface area contributed by atoms with Crippen LogP contribution in [-0.4, -0.2) is 72.9 Å². The molecule has 2 aliphatic heterocycles. The van der Waals surface area contributed by atoms with Gasteiger partial charge in [0.15, 0.2) is 6.61 Å². The fraction of sp³-hybridized carbons (Fsp3) is 0.407. The minimum Gasteiger partial charge on any atom is -0.482 e. The van der Waals surface area contributed by atoms with Gasteiger partial charge < -0.3 is 25.3 Å². The van der Waals surface area contributed by atoms with Gasteiger partial charge in [0, 0.05) is 23.9 Å². The Kier molecular flexibility index (Phi) is 8.03. The lowest BCUT2D eigenvalue weighted by molar-refractivity contribution is -0.118. The lowest BCUT2D eigenvalue weighted by atomic mass is 10.1. The van der Waals surface area contributed by atoms with Gasteiger partial charge in [-0.15, -0.1) is 0 Å². The number of carbonyl (C=O) groups excluding carboxylic acids is 2. The zero-order valence-corrected chi connectivity index (χ0v) is 21.7. The van der Waals surface area contributed by atoms with Crippen molar-refractivity contribution in [1.29, 1.82) is 0 Å². The Labute approximate surface area is 225 Å². The summed E-state index contributed by atoms with van der Waals surface area (Å²) >= 11 is 0. The van der Waals surface area contributed by atoms with Crippen LogP contribution in [0.2, 0.25) is 0 Å². The third-order valence-corrected chi connectivity index (χ3v) is 6.79. The van der Waals surface area contributed by atoms with Crippen LogP contribution in [0.3, 0.4) is 0 Å². The van der Waals surface area contributed by atoms with E-state index in [-0.39, 0.29) is 18.6 Å². The molecule has 1 fully saturated rings. The van der Waals surface area contributed by atoms with E-state index in [0.29, 0.717) is 78.7 Å². The number of rotatable bonds is 11. The van der Waals surface area contributed by atoms with Crippen molar-refractivity contribution in [2.75, 3.05) is 50.1 Å². The second-order valence-electron chi connectivity index (χ2n) is 9.50. The summed E-state index contributed by atoms with van der Waals surface area (Å²) in [5.41, 5.74) is 8.43. The Hall–Kier alpha value is -4.03. The summed E-state index contributed by atoms with van der Waals surface area (Å²) in [6, 6.07) is 8.67. The van der Waals surface area contributed by atoms with Crippen LogP contribution in [-0.2, 0) is 16.1 Å². The summed E-state index contributed by atoms with van der Waals surface area (Å²) in [5.74, 6) is 0.293. The number of benzene rings is 1. The lowest BCUT2D eigenvalue weighted by Crippen LogP contribution is -2.29. The Morgan fingerprint density at radius 1 is 1.23 bits per heavy atom. The molecule has 0 radical (unpaired) electrons. The van der Waals surface area contributed by atoms with E-state index in [1.165, 1.54) is 13.3 Å². The first kappa shape index (κ1) is 26.6. The average Bonchev–Trinajstić information content (AvgIpc) is 3.32. The molecule has 1 aromatic carbocycles. The van der Waals surface area contributed by atoms with Crippen molar-refractivity contribution >= 4 is 34.4 Å². The number of methoxy groups -OCH3 is 1. The van der Waals surface area contributed by atoms with Crippen molar-refractivity contribution in [2.24, 2.45) is 5.73 Å². The number of fused-ring (bicyclic) bond motifs is 2. The first-order valence-corrected chi connectivity index (χ1v) is 12.9. The summed E-state index contributed by atoms with van der Waals surface area (Å²) in [6.45, 7) is 2.56. The molecule has 12 heteroatoms. The summed E-state index contributed by atoms with van der Waals surface area (Å²) in [7, 11) is 1.52. The fourth-order valence-corrected chi connectivity index (χ4v) is 4.81. The van der Waals surface area contributed by atoms with Crippen molar-refractivity contribution in [3.05, 3.63) is 47.9 Å². The molecule has 11 nitrogen and oxygen atoms in total. The monoisotopic (exact) mass is 538 g/mol. The van der Waals surface area contributed by atoms with Crippen molar-refractivity contribution in [2.45, 2.75) is 31.9 Å². The average molecular weight is 539 g/mol. The van der Waals surface area contributed by atoms with Gasteiger partial charge in [0.05, 0.1) is 31.1 Å². The largest absolute Gasteiger partial charge is 0.482 e. The van der Waals surface area contributed by atoms with Crippen LogP contribution in [0.4, 0.5) is 20.6 Å². The maximum atomic E-state index is 14.9. The second kappa shape index (κ2) is 11.8. The number of aromatic nitrogens is 2. The minimum absolute atomic E-state index is 0.0305. The fourth-order valence-electron chi connectivity index (χ4n) is 4.81. The van der Waals surface area contributed by atoms with E-state index in [1.54, 1.807) is 35.2 Å². The van der Waals surface area contributed by atoms with Gasteiger partial charge in [-0.3, -0.25) is 19.6 Å². The maximum Gasteiger partial charge on any atom is 0.414 e. The number of amides is 2. The van der Waals surface area contributed by atoms with E-state index >= 15 is 0 Å². The number of nitrogens with one attached hydrogen (secondary N) is 1. The SMILES string of the molecule is COc1ccc2ncc(F)c(CN(CCCN)CCCC3CN(c4ccc5c(c4)NC(=O)CO5)C(=O)O3)c2n1. The van der Waals surface area contributed by atoms with E-state index in [1.807, 2.05) is 0 Å². The zero-order chi connectivity index (χ0) is 27.4. The first-order chi connectivity index (χ1) is 18.9. The van der Waals surface area contributed by atoms with Gasteiger partial charge in [0.2, 0.25) is 5.88 Å². The van der Waals surface area contributed by atoms with Gasteiger partial charge in [-0.25, -0.2) is 14.2 Å². The Morgan fingerprint density at radius 3 is 2.90 bits per heavy atom. The van der Waals surface area contributed by atoms with E-state index in [0.717, 1.165) is 12.8 Å². The predicted molar refractivity (Wildman–Crippen MR) is 142 cm³/mol. The lowest BCUT2D eigenvalue weighted by Gasteiger charge is -2.23. The predicted octanol–water partition coefficient (Wildman–Crippen LogP) is 3.06. The van der Waals surface area contributed by atoms with Gasteiger partial charge in [-0.05, 0) is 63.2 Å². The molecule has 5 rings (SSSR count). The topological polar surface area (TPSA) is 132 Å². The van der Waals surface area contributed by atoms with E-state index < -0.39 is 11.9 Å². The van der Waals surface area contributed by atoms with E-state index in [9.17, 15) is 14.0 Å². The van der Waals surface area contributed by atoms with Crippen LogP contribution >= 0.6 is 0 Å². The van der Waals surface area contributed by atoms with Crippen LogP contribution in [0, 0.1) is 5.82 Å². The van der Waals surface area contributed by atoms with Crippen LogP contribution in [0.1, 0.15) is 24.8 Å². The molecular weight excluding hydrogens is 507 g/mol. The van der Waals surface area contributed by atoms with E-state index in [2.05, 4.69) is 20.2 Å². The highest BCUT2D eigenvalue weighted by Gasteiger charge is 2.33. The molecular formula is C27H31FN6O5. The number of nitrogens with zero attached hydrogens (tertiary/aromatic N) is 4. The number of halogens is 1. The van der Waals surface area contributed by atoms with Crippen LogP contribution in [0.25, 0.3) is 11.0 Å². The van der Waals surface area contributed by atoms with Gasteiger partial charge in [-0.2, -0.15) is 0 Å². The third-order valence-electron chi connectivity index (χ3n) is 6.79. The molecule has 3 N–H and O–H groups in total. The van der Waals surface area contributed by atoms with Gasteiger partial charge in [0.25, 0.3) is 5.91 Å². The summed E-state index contributed by atoms with van der Waals surface area (Å²) in [5, 5.41) is 2.76. The quantitative estimate of drug-likeness (QED) is 0.378. The van der Waals surface area contributed by atoms with Crippen LogP contribution in [0.5, 0.6) is 11.6 Å². The molecule has 0 spiro atoms. The summed E-state index contributed by atoms with van der Waals surface area (Å²) < 4.78 is 31.1. The maximum absolute atomic E-state index is 14.9. The number of anilines is 2. The smallest absolute Gasteiger partial charge is 0.414 e. The normalized spacial score (nSPS) is 16.7. The zero-order valence-electron chi connectivity index (χ0n) is 21.7. The molecule has 206 valence electrons. The number of pyridine rings is 2. The Balaban J connectivity index is 1.22. The molecule has 1 saturated heterocycles. The standard InChI is InChI=1S/C27H31FN6O5/c1-37-25-8-6-21-26(32-25)19(20(28)13-30-21)15-33(11-3-9-29)10-2-4-18-14-34(27(36)39-18)17-5-7-23-22(12-17)31-24(35)16-38-23/h5-8,12-13,18H,2-4,9-11,14-16,29H2,1H3,(H,31,35). The highest BCUT2D eigenvalue weighted by atomic mass is 19.1. The van der Waals surface area contributed by atoms with Crippen molar-refractivity contribution < 1.29 is 28.2 Å². The molecule has 0 bridgehead atoms. The molecule has 0 aliphatic carbocycles. The Bertz CT molecular complexity index is 1370. The molecule has 2 aliphatic rings. The molecule has 39 heavy (non-hydrogen) atoms. The number of ether oxygens (including phenoxy) is 3. The van der Waals surface area contributed by atoms with Gasteiger partial charge in [-0.1, -0.05) is 0 Å². The highest BCUT2D eigenvalue weighted by molar-refractivity contribution is 5.97. The third kappa shape index (κ3) is 6.02. The summed E-state index contributed by atoms with van der Waals surface area (Å²) in [4.78, 5) is 36.5. The first-order valence-electron chi connectivity index (χ1n) is 12.9. The molecule has 2 aromatic heterocycles. The highest BCUT2D eigenvalue weighted by Crippen LogP contribution is 2.34. The number of cyclic esters (lactones) is 1. The molecule has 2 amide bonds. The summed E-state index contributed by atoms with van der Waals surface area (Å²) in [6.07, 6.45) is 2.61. The molecule has 1 atom stereocenters. The van der Waals surface area contributed by atoms with Gasteiger partial charge in [0.1, 0.15) is 23.2 Å². The molecule has 0 saturated carbocycles. The second-order valence-corrected chi connectivity index (χ2v) is 9.50. The molecule has 1 unspecified atom stereocenters. The van der Waals surface area contributed by atoms with Gasteiger partial charge >= 0.3 is 6.09 Å². The molecule has 4 heterocycles. The van der Waals surface area contributed by atoms with Crippen molar-refractivity contribution in [3.63, 3.8) is 0 Å². The number of carbonyl (C=O) groups is 2. The van der Waals surface area contributed by atoms with Crippen LogP contribution < -0.4 is 25.4 Å². The minimum atomic E-state index is -0.437.